The number of hydrogen-bond donors (Lipinski definition) is 1. The van der Waals surface area contributed by atoms with Gasteiger partial charge in [-0.1, -0.05) is 0 Å². The molecule has 3 heterocycles. The number of nitrogens with one attached hydrogen (secondary N) is 1. The number of morpholine rings is 1. The predicted octanol–water partition coefficient (Wildman–Crippen LogP) is -0.0143. The Hall–Kier alpha value is -0.610. The van der Waals surface area contributed by atoms with Crippen molar-refractivity contribution < 1.29 is 9.53 Å². The van der Waals surface area contributed by atoms with Crippen molar-refractivity contribution in [1.82, 2.24) is 10.2 Å². The molecule has 2 bridgehead atoms. The van der Waals surface area contributed by atoms with Crippen LogP contribution in [0.2, 0.25) is 0 Å². The van der Waals surface area contributed by atoms with Crippen molar-refractivity contribution in [2.75, 3.05) is 26.2 Å². The molecule has 3 saturated heterocycles. The highest BCUT2D eigenvalue weighted by Crippen LogP contribution is 2.27. The van der Waals surface area contributed by atoms with Crippen LogP contribution in [-0.2, 0) is 9.53 Å². The van der Waals surface area contributed by atoms with E-state index in [2.05, 4.69) is 5.32 Å². The number of hydrogen-bond acceptors (Lipinski definition) is 3. The van der Waals surface area contributed by atoms with Gasteiger partial charge < -0.3 is 15.0 Å². The molecule has 4 heteroatoms. The largest absolute Gasteiger partial charge is 0.371 e. The zero-order chi connectivity index (χ0) is 10.3. The Labute approximate surface area is 90.0 Å². The van der Waals surface area contributed by atoms with E-state index >= 15 is 0 Å². The minimum Gasteiger partial charge on any atom is -0.371 e. The number of fused-ring (bicyclic) bond motifs is 2. The van der Waals surface area contributed by atoms with Gasteiger partial charge in [0.1, 0.15) is 0 Å². The quantitative estimate of drug-likeness (QED) is 0.697. The molecule has 3 fully saturated rings. The lowest BCUT2D eigenvalue weighted by Gasteiger charge is -2.34. The maximum atomic E-state index is 12.0. The number of amides is 1. The first kappa shape index (κ1) is 9.60. The van der Waals surface area contributed by atoms with Gasteiger partial charge in [-0.05, 0) is 31.8 Å². The summed E-state index contributed by atoms with van der Waals surface area (Å²) >= 11 is 0. The number of rotatable bonds is 2. The van der Waals surface area contributed by atoms with Crippen LogP contribution in [-0.4, -0.2) is 49.2 Å². The van der Waals surface area contributed by atoms with Crippen molar-refractivity contribution in [3.8, 4) is 0 Å². The molecule has 1 N–H and O–H groups in total. The molecule has 0 aliphatic carbocycles. The number of likely N-dealkylation sites (tertiary alicyclic amines) is 1. The molecule has 0 saturated carbocycles. The van der Waals surface area contributed by atoms with E-state index in [1.54, 1.807) is 0 Å². The molecule has 0 spiro atoms. The number of carbonyl (C=O) groups is 1. The second-order valence-corrected chi connectivity index (χ2v) is 4.98. The molecule has 0 radical (unpaired) electrons. The van der Waals surface area contributed by atoms with E-state index in [9.17, 15) is 4.79 Å². The number of ether oxygens (including phenoxy) is 1. The molecule has 3 aliphatic heterocycles. The molecule has 15 heavy (non-hydrogen) atoms. The summed E-state index contributed by atoms with van der Waals surface area (Å²) in [5.74, 6) is 0.916. The lowest BCUT2D eigenvalue weighted by Crippen LogP contribution is -2.49. The van der Waals surface area contributed by atoms with E-state index in [-0.39, 0.29) is 0 Å². The van der Waals surface area contributed by atoms with Gasteiger partial charge in [0.15, 0.2) is 0 Å². The first-order valence-corrected chi connectivity index (χ1v) is 5.95. The van der Waals surface area contributed by atoms with E-state index in [0.717, 1.165) is 45.4 Å². The summed E-state index contributed by atoms with van der Waals surface area (Å²) in [6.45, 7) is 3.69. The second-order valence-electron chi connectivity index (χ2n) is 4.98. The highest BCUT2D eigenvalue weighted by molar-refractivity contribution is 5.76. The van der Waals surface area contributed by atoms with Crippen LogP contribution in [0.4, 0.5) is 0 Å². The molecular formula is C11H18N2O2. The Bertz CT molecular complexity index is 253. The fraction of sp³-hybridized carbons (Fsp3) is 0.909. The van der Waals surface area contributed by atoms with Crippen molar-refractivity contribution in [3.63, 3.8) is 0 Å². The van der Waals surface area contributed by atoms with E-state index in [1.165, 1.54) is 0 Å². The maximum absolute atomic E-state index is 12.0. The standard InChI is InChI=1S/C11H18N2O2/c14-11(3-8-4-12-5-8)13-6-9-1-2-10(7-13)15-9/h8-10,12H,1-7H2. The number of carbonyl (C=O) groups excluding carboxylic acids is 1. The minimum absolute atomic E-state index is 0.326. The van der Waals surface area contributed by atoms with Crippen LogP contribution in [0.25, 0.3) is 0 Å². The van der Waals surface area contributed by atoms with Gasteiger partial charge in [0.25, 0.3) is 0 Å². The van der Waals surface area contributed by atoms with Crippen LogP contribution in [0.15, 0.2) is 0 Å². The van der Waals surface area contributed by atoms with Crippen molar-refractivity contribution in [1.29, 1.82) is 0 Å². The molecule has 84 valence electrons. The summed E-state index contributed by atoms with van der Waals surface area (Å²) in [7, 11) is 0. The molecule has 2 unspecified atom stereocenters. The molecule has 4 nitrogen and oxygen atoms in total. The van der Waals surface area contributed by atoms with Gasteiger partial charge in [-0.15, -0.1) is 0 Å². The van der Waals surface area contributed by atoms with Crippen LogP contribution in [0.1, 0.15) is 19.3 Å². The molecule has 0 aromatic carbocycles. The first-order valence-electron chi connectivity index (χ1n) is 5.95. The third kappa shape index (κ3) is 1.88. The Morgan fingerprint density at radius 1 is 1.27 bits per heavy atom. The number of nitrogens with zero attached hydrogens (tertiary/aromatic N) is 1. The minimum atomic E-state index is 0.326. The third-order valence-electron chi connectivity index (χ3n) is 3.73. The normalized spacial score (nSPS) is 35.3. The van der Waals surface area contributed by atoms with Gasteiger partial charge in [-0.3, -0.25) is 4.79 Å². The smallest absolute Gasteiger partial charge is 0.223 e. The van der Waals surface area contributed by atoms with Gasteiger partial charge >= 0.3 is 0 Å². The fourth-order valence-electron chi connectivity index (χ4n) is 2.69. The summed E-state index contributed by atoms with van der Waals surface area (Å²) in [5, 5.41) is 3.20. The lowest BCUT2D eigenvalue weighted by molar-refractivity contribution is -0.141. The van der Waals surface area contributed by atoms with Gasteiger partial charge in [0.2, 0.25) is 5.91 Å². The Balaban J connectivity index is 1.55. The summed E-state index contributed by atoms with van der Waals surface area (Å²) in [6, 6.07) is 0. The molecule has 0 aromatic heterocycles. The molecule has 1 amide bonds. The van der Waals surface area contributed by atoms with Crippen LogP contribution in [0, 0.1) is 5.92 Å². The van der Waals surface area contributed by atoms with E-state index in [0.29, 0.717) is 24.0 Å². The maximum Gasteiger partial charge on any atom is 0.223 e. The monoisotopic (exact) mass is 210 g/mol. The zero-order valence-electron chi connectivity index (χ0n) is 8.95. The second kappa shape index (κ2) is 3.76. The average Bonchev–Trinajstić information content (AvgIpc) is 2.51. The van der Waals surface area contributed by atoms with Crippen molar-refractivity contribution in [2.24, 2.45) is 5.92 Å². The van der Waals surface area contributed by atoms with Gasteiger partial charge in [-0.25, -0.2) is 0 Å². The third-order valence-corrected chi connectivity index (χ3v) is 3.73. The summed E-state index contributed by atoms with van der Waals surface area (Å²) in [4.78, 5) is 14.0. The van der Waals surface area contributed by atoms with E-state index in [1.807, 2.05) is 4.90 Å². The zero-order valence-corrected chi connectivity index (χ0v) is 8.95. The van der Waals surface area contributed by atoms with Crippen molar-refractivity contribution in [3.05, 3.63) is 0 Å². The lowest BCUT2D eigenvalue weighted by atomic mass is 9.98. The first-order chi connectivity index (χ1) is 7.31. The SMILES string of the molecule is O=C(CC1CNC1)N1CC2CCC(C1)O2. The van der Waals surface area contributed by atoms with Crippen molar-refractivity contribution >= 4 is 5.91 Å². The summed E-state index contributed by atoms with van der Waals surface area (Å²) in [5.41, 5.74) is 0. The summed E-state index contributed by atoms with van der Waals surface area (Å²) in [6.07, 6.45) is 3.66. The molecule has 2 atom stereocenters. The fourth-order valence-corrected chi connectivity index (χ4v) is 2.69. The van der Waals surface area contributed by atoms with Crippen LogP contribution < -0.4 is 5.32 Å². The van der Waals surface area contributed by atoms with Crippen molar-refractivity contribution in [2.45, 2.75) is 31.5 Å². The Morgan fingerprint density at radius 2 is 1.93 bits per heavy atom. The van der Waals surface area contributed by atoms with Crippen LogP contribution in [0.3, 0.4) is 0 Å². The van der Waals surface area contributed by atoms with E-state index < -0.39 is 0 Å². The molecule has 0 aromatic rings. The van der Waals surface area contributed by atoms with Gasteiger partial charge in [-0.2, -0.15) is 0 Å². The molecular weight excluding hydrogens is 192 g/mol. The Kier molecular flexibility index (Phi) is 2.41. The van der Waals surface area contributed by atoms with Crippen LogP contribution in [0.5, 0.6) is 0 Å². The highest BCUT2D eigenvalue weighted by Gasteiger charge is 2.36. The summed E-state index contributed by atoms with van der Waals surface area (Å²) < 4.78 is 5.72. The topological polar surface area (TPSA) is 41.6 Å². The van der Waals surface area contributed by atoms with Gasteiger partial charge in [0, 0.05) is 19.5 Å². The Morgan fingerprint density at radius 3 is 2.47 bits per heavy atom. The molecule has 3 aliphatic rings. The highest BCUT2D eigenvalue weighted by atomic mass is 16.5. The van der Waals surface area contributed by atoms with Crippen LogP contribution >= 0.6 is 0 Å². The van der Waals surface area contributed by atoms with E-state index in [4.69, 9.17) is 4.74 Å². The van der Waals surface area contributed by atoms with Gasteiger partial charge in [0.05, 0.1) is 12.2 Å². The molecule has 3 rings (SSSR count). The average molecular weight is 210 g/mol. The predicted molar refractivity (Wildman–Crippen MR) is 55.5 cm³/mol.